The summed E-state index contributed by atoms with van der Waals surface area (Å²) in [4.78, 5) is 0.444. The number of piperidine rings is 1. The van der Waals surface area contributed by atoms with Crippen LogP contribution in [0.15, 0.2) is 23.1 Å². The molecule has 0 spiro atoms. The first-order chi connectivity index (χ1) is 11.6. The Morgan fingerprint density at radius 1 is 1.17 bits per heavy atom. The van der Waals surface area contributed by atoms with E-state index in [0.29, 0.717) is 29.7 Å². The van der Waals surface area contributed by atoms with Crippen molar-refractivity contribution in [3.63, 3.8) is 0 Å². The highest BCUT2D eigenvalue weighted by Crippen LogP contribution is 2.29. The van der Waals surface area contributed by atoms with E-state index >= 15 is 0 Å². The molecular formula is C16H21N5O2S. The standard InChI is InChI=1S/C16H21N5O2S/c22-24(23,15-5-4-13-2-1-3-14(13)11-15)21-8-6-12(7-9-21)10-16-17-19-20-18-16/h4-5,11-12H,1-3,6-10H2,(H,17,18,19,20). The minimum Gasteiger partial charge on any atom is -0.207 e. The van der Waals surface area contributed by atoms with Gasteiger partial charge in [0.05, 0.1) is 4.90 Å². The number of aromatic nitrogens is 4. The van der Waals surface area contributed by atoms with Gasteiger partial charge in [0.2, 0.25) is 10.0 Å². The van der Waals surface area contributed by atoms with Gasteiger partial charge in [0.15, 0.2) is 5.82 Å². The van der Waals surface area contributed by atoms with Gasteiger partial charge in [-0.25, -0.2) is 8.42 Å². The van der Waals surface area contributed by atoms with Crippen LogP contribution in [0.3, 0.4) is 0 Å². The first-order valence-electron chi connectivity index (χ1n) is 8.47. The van der Waals surface area contributed by atoms with Crippen LogP contribution in [0.25, 0.3) is 0 Å². The second kappa shape index (κ2) is 6.25. The molecule has 0 unspecified atom stereocenters. The monoisotopic (exact) mass is 347 g/mol. The fourth-order valence-electron chi connectivity index (χ4n) is 3.74. The smallest absolute Gasteiger partial charge is 0.207 e. The van der Waals surface area contributed by atoms with E-state index in [-0.39, 0.29) is 0 Å². The molecule has 2 aliphatic rings. The molecule has 0 bridgehead atoms. The van der Waals surface area contributed by atoms with E-state index in [0.717, 1.165) is 38.5 Å². The van der Waals surface area contributed by atoms with E-state index in [9.17, 15) is 8.42 Å². The quantitative estimate of drug-likeness (QED) is 0.901. The van der Waals surface area contributed by atoms with Crippen molar-refractivity contribution in [1.29, 1.82) is 0 Å². The average Bonchev–Trinajstić information content (AvgIpc) is 3.25. The van der Waals surface area contributed by atoms with Crippen molar-refractivity contribution >= 4 is 10.0 Å². The molecule has 1 aromatic heterocycles. The number of aromatic amines is 1. The summed E-state index contributed by atoms with van der Waals surface area (Å²) in [5.74, 6) is 1.11. The summed E-state index contributed by atoms with van der Waals surface area (Å²) in [7, 11) is -3.39. The van der Waals surface area contributed by atoms with Crippen molar-refractivity contribution in [3.05, 3.63) is 35.2 Å². The van der Waals surface area contributed by atoms with E-state index in [1.807, 2.05) is 12.1 Å². The second-order valence-corrected chi connectivity index (χ2v) is 8.60. The lowest BCUT2D eigenvalue weighted by atomic mass is 9.94. The molecule has 1 aromatic carbocycles. The van der Waals surface area contributed by atoms with Crippen LogP contribution in [0, 0.1) is 5.92 Å². The average molecular weight is 347 g/mol. The molecule has 0 saturated carbocycles. The number of sulfonamides is 1. The molecule has 1 aliphatic carbocycles. The molecule has 2 aromatic rings. The lowest BCUT2D eigenvalue weighted by Gasteiger charge is -2.30. The Hall–Kier alpha value is -1.80. The third kappa shape index (κ3) is 2.95. The van der Waals surface area contributed by atoms with Gasteiger partial charge < -0.3 is 0 Å². The van der Waals surface area contributed by atoms with Gasteiger partial charge in [-0.05, 0) is 61.3 Å². The highest BCUT2D eigenvalue weighted by molar-refractivity contribution is 7.89. The van der Waals surface area contributed by atoms with E-state index in [2.05, 4.69) is 20.6 Å². The Balaban J connectivity index is 1.44. The molecule has 7 nitrogen and oxygen atoms in total. The molecule has 2 heterocycles. The number of H-pyrrole nitrogens is 1. The summed E-state index contributed by atoms with van der Waals surface area (Å²) in [5.41, 5.74) is 2.50. The van der Waals surface area contributed by atoms with Crippen LogP contribution in [-0.2, 0) is 29.3 Å². The SMILES string of the molecule is O=S(=O)(c1ccc2c(c1)CCC2)N1CCC(Cc2nn[nH]n2)CC1. The summed E-state index contributed by atoms with van der Waals surface area (Å²) in [5, 5.41) is 14.0. The van der Waals surface area contributed by atoms with Crippen molar-refractivity contribution in [2.75, 3.05) is 13.1 Å². The van der Waals surface area contributed by atoms with Crippen molar-refractivity contribution in [3.8, 4) is 0 Å². The third-order valence-corrected chi connectivity index (χ3v) is 7.04. The van der Waals surface area contributed by atoms with E-state index in [4.69, 9.17) is 0 Å². The molecule has 0 radical (unpaired) electrons. The first-order valence-corrected chi connectivity index (χ1v) is 9.91. The summed E-state index contributed by atoms with van der Waals surface area (Å²) in [6.07, 6.45) is 5.60. The Kier molecular flexibility index (Phi) is 4.09. The van der Waals surface area contributed by atoms with Gasteiger partial charge in [0.1, 0.15) is 0 Å². The zero-order chi connectivity index (χ0) is 16.6. The van der Waals surface area contributed by atoms with Crippen LogP contribution in [0.1, 0.15) is 36.2 Å². The van der Waals surface area contributed by atoms with Crippen LogP contribution in [0.4, 0.5) is 0 Å². The maximum atomic E-state index is 12.9. The predicted molar refractivity (Wildman–Crippen MR) is 87.8 cm³/mol. The molecule has 1 saturated heterocycles. The van der Waals surface area contributed by atoms with Crippen molar-refractivity contribution in [1.82, 2.24) is 24.9 Å². The van der Waals surface area contributed by atoms with Crippen molar-refractivity contribution in [2.45, 2.75) is 43.4 Å². The summed E-state index contributed by atoms with van der Waals surface area (Å²) in [6, 6.07) is 5.63. The third-order valence-electron chi connectivity index (χ3n) is 5.14. The Morgan fingerprint density at radius 3 is 2.71 bits per heavy atom. The van der Waals surface area contributed by atoms with Crippen molar-refractivity contribution in [2.24, 2.45) is 5.92 Å². The zero-order valence-corrected chi connectivity index (χ0v) is 14.3. The van der Waals surface area contributed by atoms with Crippen LogP contribution < -0.4 is 0 Å². The minimum atomic E-state index is -3.39. The van der Waals surface area contributed by atoms with Gasteiger partial charge in [-0.1, -0.05) is 11.3 Å². The van der Waals surface area contributed by atoms with Gasteiger partial charge in [-0.15, -0.1) is 10.2 Å². The van der Waals surface area contributed by atoms with E-state index in [1.165, 1.54) is 11.1 Å². The fraction of sp³-hybridized carbons (Fsp3) is 0.562. The lowest BCUT2D eigenvalue weighted by molar-refractivity contribution is 0.270. The summed E-state index contributed by atoms with van der Waals surface area (Å²) >= 11 is 0. The number of nitrogens with zero attached hydrogens (tertiary/aromatic N) is 4. The van der Waals surface area contributed by atoms with E-state index < -0.39 is 10.0 Å². The van der Waals surface area contributed by atoms with Crippen LogP contribution in [0.5, 0.6) is 0 Å². The van der Waals surface area contributed by atoms with Gasteiger partial charge in [0, 0.05) is 19.5 Å². The summed E-state index contributed by atoms with van der Waals surface area (Å²) in [6.45, 7) is 1.11. The lowest BCUT2D eigenvalue weighted by Crippen LogP contribution is -2.39. The van der Waals surface area contributed by atoms with Crippen LogP contribution >= 0.6 is 0 Å². The van der Waals surface area contributed by atoms with Gasteiger partial charge in [-0.3, -0.25) is 0 Å². The molecule has 8 heteroatoms. The van der Waals surface area contributed by atoms with Gasteiger partial charge in [0.25, 0.3) is 0 Å². The molecular weight excluding hydrogens is 326 g/mol. The molecule has 128 valence electrons. The molecule has 4 rings (SSSR count). The number of tetrazole rings is 1. The highest BCUT2D eigenvalue weighted by Gasteiger charge is 2.30. The molecule has 24 heavy (non-hydrogen) atoms. The van der Waals surface area contributed by atoms with Crippen LogP contribution in [0.2, 0.25) is 0 Å². The molecule has 0 atom stereocenters. The normalized spacial score (nSPS) is 19.5. The number of hydrogen-bond acceptors (Lipinski definition) is 5. The highest BCUT2D eigenvalue weighted by atomic mass is 32.2. The second-order valence-electron chi connectivity index (χ2n) is 6.66. The van der Waals surface area contributed by atoms with Gasteiger partial charge in [-0.2, -0.15) is 9.52 Å². The van der Waals surface area contributed by atoms with E-state index in [1.54, 1.807) is 10.4 Å². The zero-order valence-electron chi connectivity index (χ0n) is 13.5. The number of rotatable bonds is 4. The fourth-order valence-corrected chi connectivity index (χ4v) is 5.26. The Morgan fingerprint density at radius 2 is 1.96 bits per heavy atom. The predicted octanol–water partition coefficient (Wildman–Crippen LogP) is 1.33. The topological polar surface area (TPSA) is 91.8 Å². The van der Waals surface area contributed by atoms with Gasteiger partial charge >= 0.3 is 0 Å². The maximum Gasteiger partial charge on any atom is 0.243 e. The number of hydrogen-bond donors (Lipinski definition) is 1. The van der Waals surface area contributed by atoms with Crippen LogP contribution in [-0.4, -0.2) is 46.4 Å². The number of aryl methyl sites for hydroxylation is 2. The molecule has 0 amide bonds. The Bertz CT molecular complexity index is 811. The number of nitrogens with one attached hydrogen (secondary N) is 1. The number of benzene rings is 1. The summed E-state index contributed by atoms with van der Waals surface area (Å²) < 4.78 is 27.4. The number of fused-ring (bicyclic) bond motifs is 1. The maximum absolute atomic E-state index is 12.9. The molecule has 1 aliphatic heterocycles. The Labute approximate surface area is 141 Å². The van der Waals surface area contributed by atoms with Crippen molar-refractivity contribution < 1.29 is 8.42 Å². The minimum absolute atomic E-state index is 0.411. The molecule has 1 N–H and O–H groups in total. The molecule has 1 fully saturated rings. The first kappa shape index (κ1) is 15.7. The largest absolute Gasteiger partial charge is 0.243 e.